The molecule has 0 aromatic carbocycles. The number of allylic oxidation sites excluding steroid dienone is 1. The van der Waals surface area contributed by atoms with Gasteiger partial charge >= 0.3 is 0 Å². The topological polar surface area (TPSA) is 3.24 Å². The molecule has 1 fully saturated rings. The van der Waals surface area contributed by atoms with Crippen molar-refractivity contribution >= 4 is 8.07 Å². The number of likely N-dealkylation sites (tertiary alicyclic amines) is 1. The van der Waals surface area contributed by atoms with Crippen molar-refractivity contribution < 1.29 is 0 Å². The van der Waals surface area contributed by atoms with Gasteiger partial charge in [0.15, 0.2) is 0 Å². The Balaban J connectivity index is 2.67. The van der Waals surface area contributed by atoms with Crippen LogP contribution in [0.5, 0.6) is 0 Å². The van der Waals surface area contributed by atoms with E-state index in [0.29, 0.717) is 0 Å². The molecular formula is C11H21NSi. The largest absolute Gasteiger partial charge is 0.372 e. The third kappa shape index (κ3) is 3.39. The van der Waals surface area contributed by atoms with Crippen molar-refractivity contribution in [2.75, 3.05) is 13.1 Å². The fourth-order valence-corrected chi connectivity index (χ4v) is 3.11. The number of rotatable bonds is 3. The quantitative estimate of drug-likeness (QED) is 0.494. The first-order valence-corrected chi connectivity index (χ1v) is 8.68. The zero-order chi connectivity index (χ0) is 9.90. The lowest BCUT2D eigenvalue weighted by Crippen LogP contribution is -2.23. The van der Waals surface area contributed by atoms with Crippen LogP contribution in [0.2, 0.25) is 19.6 Å². The van der Waals surface area contributed by atoms with E-state index in [4.69, 9.17) is 0 Å². The van der Waals surface area contributed by atoms with Gasteiger partial charge in [0.2, 0.25) is 0 Å². The van der Waals surface area contributed by atoms with Crippen LogP contribution in [0.15, 0.2) is 24.1 Å². The van der Waals surface area contributed by atoms with Gasteiger partial charge in [-0.25, -0.2) is 0 Å². The Morgan fingerprint density at radius 1 is 1.46 bits per heavy atom. The van der Waals surface area contributed by atoms with Crippen LogP contribution in [0.4, 0.5) is 0 Å². The Bertz CT molecular complexity index is 213. The summed E-state index contributed by atoms with van der Waals surface area (Å²) in [6.07, 6.45) is 4.60. The van der Waals surface area contributed by atoms with Crippen molar-refractivity contribution in [2.45, 2.75) is 32.5 Å². The summed E-state index contributed by atoms with van der Waals surface area (Å²) < 4.78 is 0. The predicted molar refractivity (Wildman–Crippen MR) is 62.4 cm³/mol. The first-order valence-electron chi connectivity index (χ1n) is 5.10. The van der Waals surface area contributed by atoms with Crippen molar-refractivity contribution in [1.29, 1.82) is 0 Å². The summed E-state index contributed by atoms with van der Waals surface area (Å²) in [7, 11) is -1.03. The molecule has 13 heavy (non-hydrogen) atoms. The van der Waals surface area contributed by atoms with Crippen molar-refractivity contribution in [3.63, 3.8) is 0 Å². The molecule has 0 bridgehead atoms. The normalized spacial score (nSPS) is 21.2. The summed E-state index contributed by atoms with van der Waals surface area (Å²) in [6.45, 7) is 13.2. The minimum atomic E-state index is -1.03. The number of hydrogen-bond donors (Lipinski definition) is 0. The molecule has 0 saturated carbocycles. The van der Waals surface area contributed by atoms with Gasteiger partial charge in [0.1, 0.15) is 0 Å². The minimum Gasteiger partial charge on any atom is -0.372 e. The first-order chi connectivity index (χ1) is 6.03. The Kier molecular flexibility index (Phi) is 3.37. The highest BCUT2D eigenvalue weighted by molar-refractivity contribution is 6.81. The second-order valence-corrected chi connectivity index (χ2v) is 9.86. The van der Waals surface area contributed by atoms with Gasteiger partial charge in [0.05, 0.1) is 8.07 Å². The average Bonchev–Trinajstić information content (AvgIpc) is 2.34. The van der Waals surface area contributed by atoms with Crippen molar-refractivity contribution in [3.05, 3.63) is 24.1 Å². The number of hydrogen-bond acceptors (Lipinski definition) is 1. The molecule has 0 radical (unpaired) electrons. The Morgan fingerprint density at radius 3 is 2.69 bits per heavy atom. The van der Waals surface area contributed by atoms with E-state index in [1.807, 2.05) is 6.08 Å². The molecule has 1 saturated heterocycles. The Labute approximate surface area is 83.1 Å². The average molecular weight is 195 g/mol. The maximum Gasteiger partial charge on any atom is 0.0709 e. The highest BCUT2D eigenvalue weighted by Gasteiger charge is 2.19. The summed E-state index contributed by atoms with van der Waals surface area (Å²) in [5, 5.41) is 0. The standard InChI is InChI=1S/C11H21NSi/c1-5-8-12-9-6-7-11(12)10-13(2,3)4/h5,10H,1,6-9H2,2-4H3/b11-10-. The maximum atomic E-state index is 3.80. The summed E-state index contributed by atoms with van der Waals surface area (Å²) >= 11 is 0. The Hall–Kier alpha value is -0.503. The predicted octanol–water partition coefficient (Wildman–Crippen LogP) is 3.03. The fraction of sp³-hybridized carbons (Fsp3) is 0.636. The molecule has 1 aliphatic rings. The van der Waals surface area contributed by atoms with Crippen molar-refractivity contribution in [2.24, 2.45) is 0 Å². The third-order valence-electron chi connectivity index (χ3n) is 2.22. The van der Waals surface area contributed by atoms with Gasteiger partial charge in [-0.3, -0.25) is 0 Å². The number of nitrogens with zero attached hydrogens (tertiary/aromatic N) is 1. The second-order valence-electron chi connectivity index (χ2n) is 4.84. The molecule has 0 spiro atoms. The molecule has 0 N–H and O–H groups in total. The Morgan fingerprint density at radius 2 is 2.15 bits per heavy atom. The van der Waals surface area contributed by atoms with E-state index in [1.54, 1.807) is 5.70 Å². The highest BCUT2D eigenvalue weighted by Crippen LogP contribution is 2.22. The third-order valence-corrected chi connectivity index (χ3v) is 3.42. The molecule has 1 nitrogen and oxygen atoms in total. The molecule has 0 unspecified atom stereocenters. The van der Waals surface area contributed by atoms with E-state index in [2.05, 4.69) is 36.8 Å². The van der Waals surface area contributed by atoms with Gasteiger partial charge in [-0.15, -0.1) is 6.58 Å². The van der Waals surface area contributed by atoms with Crippen LogP contribution < -0.4 is 0 Å². The molecule has 0 amide bonds. The molecule has 1 rings (SSSR count). The van der Waals surface area contributed by atoms with Crippen LogP contribution in [0, 0.1) is 0 Å². The van der Waals surface area contributed by atoms with Gasteiger partial charge < -0.3 is 4.90 Å². The fourth-order valence-electron chi connectivity index (χ4n) is 1.78. The molecule has 1 aliphatic heterocycles. The lowest BCUT2D eigenvalue weighted by Gasteiger charge is -2.21. The van der Waals surface area contributed by atoms with Crippen LogP contribution in [0.1, 0.15) is 12.8 Å². The van der Waals surface area contributed by atoms with Crippen LogP contribution in [0.3, 0.4) is 0 Å². The zero-order valence-corrected chi connectivity index (χ0v) is 10.1. The van der Waals surface area contributed by atoms with Crippen LogP contribution in [-0.4, -0.2) is 26.1 Å². The van der Waals surface area contributed by atoms with Crippen LogP contribution >= 0.6 is 0 Å². The molecule has 1 heterocycles. The summed E-state index contributed by atoms with van der Waals surface area (Å²) in [5.74, 6) is 0. The van der Waals surface area contributed by atoms with Gasteiger partial charge in [-0.2, -0.15) is 0 Å². The smallest absolute Gasteiger partial charge is 0.0709 e. The molecule has 0 atom stereocenters. The molecule has 0 aromatic rings. The van der Waals surface area contributed by atoms with Gasteiger partial charge in [0, 0.05) is 18.8 Å². The van der Waals surface area contributed by atoms with Gasteiger partial charge in [-0.1, -0.05) is 31.4 Å². The summed E-state index contributed by atoms with van der Waals surface area (Å²) in [5.41, 5.74) is 4.10. The van der Waals surface area contributed by atoms with Crippen molar-refractivity contribution in [1.82, 2.24) is 4.90 Å². The van der Waals surface area contributed by atoms with Crippen LogP contribution in [0.25, 0.3) is 0 Å². The molecule has 0 aliphatic carbocycles. The highest BCUT2D eigenvalue weighted by atomic mass is 28.3. The van der Waals surface area contributed by atoms with Crippen molar-refractivity contribution in [3.8, 4) is 0 Å². The molecule has 2 heteroatoms. The lowest BCUT2D eigenvalue weighted by atomic mass is 10.3. The van der Waals surface area contributed by atoms with Crippen LogP contribution in [-0.2, 0) is 0 Å². The van der Waals surface area contributed by atoms with E-state index in [9.17, 15) is 0 Å². The molecular weight excluding hydrogens is 174 g/mol. The second kappa shape index (κ2) is 4.14. The maximum absolute atomic E-state index is 3.80. The van der Waals surface area contributed by atoms with E-state index >= 15 is 0 Å². The SMILES string of the molecule is C=CCN1CCC/C1=C/[Si](C)(C)C. The van der Waals surface area contributed by atoms with E-state index in [0.717, 1.165) is 6.54 Å². The van der Waals surface area contributed by atoms with E-state index < -0.39 is 8.07 Å². The summed E-state index contributed by atoms with van der Waals surface area (Å²) in [4.78, 5) is 2.46. The lowest BCUT2D eigenvalue weighted by molar-refractivity contribution is 0.437. The minimum absolute atomic E-state index is 1.02. The van der Waals surface area contributed by atoms with Gasteiger partial charge in [-0.05, 0) is 12.8 Å². The van der Waals surface area contributed by atoms with E-state index in [1.165, 1.54) is 19.4 Å². The molecule has 74 valence electrons. The van der Waals surface area contributed by atoms with E-state index in [-0.39, 0.29) is 0 Å². The monoisotopic (exact) mass is 195 g/mol. The van der Waals surface area contributed by atoms with Gasteiger partial charge in [0.25, 0.3) is 0 Å². The molecule has 0 aromatic heterocycles. The summed E-state index contributed by atoms with van der Waals surface area (Å²) in [6, 6.07) is 0. The zero-order valence-electron chi connectivity index (χ0n) is 9.14. The first kappa shape index (κ1) is 10.6.